The molecule has 2 fully saturated rings. The first-order valence-electron chi connectivity index (χ1n) is 8.25. The highest BCUT2D eigenvalue weighted by molar-refractivity contribution is 5.74. The molecule has 128 valence electrons. The highest BCUT2D eigenvalue weighted by Crippen LogP contribution is 2.31. The second-order valence-electron chi connectivity index (χ2n) is 6.65. The molecule has 0 unspecified atom stereocenters. The number of nitriles is 1. The number of pyridine rings is 1. The zero-order valence-corrected chi connectivity index (χ0v) is 14.2. The minimum Gasteiger partial charge on any atom is -0.369 e. The zero-order chi connectivity index (χ0) is 17.2. The standard InChI is InChI=1S/C17H23N5O2/c1-20(2)16(23)22-9-10-24-17(13-22)7-4-8-21(12-17)15-6-3-5-14(11-18)19-15/h3,5-6H,4,7-10,12-13H2,1-2H3/t17-/m0/s1. The molecule has 0 aromatic carbocycles. The van der Waals surface area contributed by atoms with E-state index in [0.29, 0.717) is 31.9 Å². The summed E-state index contributed by atoms with van der Waals surface area (Å²) >= 11 is 0. The van der Waals surface area contributed by atoms with Crippen LogP contribution in [0, 0.1) is 11.3 Å². The number of nitrogens with zero attached hydrogens (tertiary/aromatic N) is 5. The molecule has 2 amide bonds. The van der Waals surface area contributed by atoms with Crippen LogP contribution in [0.4, 0.5) is 10.6 Å². The van der Waals surface area contributed by atoms with Crippen LogP contribution >= 0.6 is 0 Å². The van der Waals surface area contributed by atoms with Crippen molar-refractivity contribution in [3.05, 3.63) is 23.9 Å². The van der Waals surface area contributed by atoms with Crippen LogP contribution in [0.5, 0.6) is 0 Å². The second kappa shape index (κ2) is 6.65. The Morgan fingerprint density at radius 1 is 1.38 bits per heavy atom. The fourth-order valence-electron chi connectivity index (χ4n) is 3.49. The summed E-state index contributed by atoms with van der Waals surface area (Å²) in [5.41, 5.74) is 0.0630. The van der Waals surface area contributed by atoms with Crippen molar-refractivity contribution in [3.63, 3.8) is 0 Å². The third-order valence-electron chi connectivity index (χ3n) is 4.61. The summed E-state index contributed by atoms with van der Waals surface area (Å²) in [5.74, 6) is 0.799. The van der Waals surface area contributed by atoms with Crippen LogP contribution in [-0.4, -0.2) is 73.3 Å². The average Bonchev–Trinajstić information content (AvgIpc) is 2.61. The third-order valence-corrected chi connectivity index (χ3v) is 4.61. The first-order valence-corrected chi connectivity index (χ1v) is 8.25. The van der Waals surface area contributed by atoms with Gasteiger partial charge in [0.2, 0.25) is 0 Å². The van der Waals surface area contributed by atoms with E-state index < -0.39 is 0 Å². The summed E-state index contributed by atoms with van der Waals surface area (Å²) in [6.45, 7) is 3.35. The maximum atomic E-state index is 12.3. The van der Waals surface area contributed by atoms with Crippen molar-refractivity contribution < 1.29 is 9.53 Å². The van der Waals surface area contributed by atoms with E-state index in [0.717, 1.165) is 25.2 Å². The largest absolute Gasteiger partial charge is 0.369 e. The number of hydrogen-bond acceptors (Lipinski definition) is 5. The average molecular weight is 329 g/mol. The van der Waals surface area contributed by atoms with Crippen molar-refractivity contribution in [3.8, 4) is 6.07 Å². The first-order chi connectivity index (χ1) is 11.5. The lowest BCUT2D eigenvalue weighted by molar-refractivity contribution is -0.104. The summed E-state index contributed by atoms with van der Waals surface area (Å²) in [4.78, 5) is 22.3. The Bertz CT molecular complexity index is 653. The number of ether oxygens (including phenoxy) is 1. The monoisotopic (exact) mass is 329 g/mol. The molecule has 7 heteroatoms. The molecule has 1 aromatic rings. The predicted molar refractivity (Wildman–Crippen MR) is 89.7 cm³/mol. The maximum absolute atomic E-state index is 12.3. The van der Waals surface area contributed by atoms with Gasteiger partial charge in [-0.3, -0.25) is 0 Å². The number of piperidine rings is 1. The smallest absolute Gasteiger partial charge is 0.319 e. The molecule has 0 radical (unpaired) electrons. The highest BCUT2D eigenvalue weighted by Gasteiger charge is 2.42. The van der Waals surface area contributed by atoms with Gasteiger partial charge in [0, 0.05) is 27.2 Å². The normalized spacial score (nSPS) is 23.9. The van der Waals surface area contributed by atoms with Crippen molar-refractivity contribution in [2.45, 2.75) is 18.4 Å². The Morgan fingerprint density at radius 2 is 2.21 bits per heavy atom. The van der Waals surface area contributed by atoms with Gasteiger partial charge in [-0.05, 0) is 25.0 Å². The van der Waals surface area contributed by atoms with Gasteiger partial charge in [0.25, 0.3) is 0 Å². The van der Waals surface area contributed by atoms with E-state index in [2.05, 4.69) is 16.0 Å². The zero-order valence-electron chi connectivity index (χ0n) is 14.2. The Labute approximate surface area is 142 Å². The van der Waals surface area contributed by atoms with E-state index in [9.17, 15) is 4.79 Å². The van der Waals surface area contributed by atoms with Crippen molar-refractivity contribution in [2.75, 3.05) is 51.8 Å². The number of carbonyl (C=O) groups is 1. The minimum atomic E-state index is -0.355. The van der Waals surface area contributed by atoms with E-state index in [1.807, 2.05) is 17.0 Å². The molecular formula is C17H23N5O2. The van der Waals surface area contributed by atoms with Crippen LogP contribution in [0.3, 0.4) is 0 Å². The number of amides is 2. The SMILES string of the molecule is CN(C)C(=O)N1CCO[C@]2(CCCN(c3cccc(C#N)n3)C2)C1. The quantitative estimate of drug-likeness (QED) is 0.777. The molecule has 1 atom stereocenters. The minimum absolute atomic E-state index is 0.0272. The summed E-state index contributed by atoms with van der Waals surface area (Å²) < 4.78 is 6.13. The van der Waals surface area contributed by atoms with Crippen LogP contribution in [0.25, 0.3) is 0 Å². The van der Waals surface area contributed by atoms with E-state index in [1.165, 1.54) is 0 Å². The van der Waals surface area contributed by atoms with E-state index in [-0.39, 0.29) is 11.6 Å². The molecule has 2 aliphatic rings. The van der Waals surface area contributed by atoms with Gasteiger partial charge in [-0.15, -0.1) is 0 Å². The van der Waals surface area contributed by atoms with Gasteiger partial charge in [-0.1, -0.05) is 6.07 Å². The van der Waals surface area contributed by atoms with Crippen molar-refractivity contribution in [1.82, 2.24) is 14.8 Å². The Kier molecular flexibility index (Phi) is 4.58. The summed E-state index contributed by atoms with van der Waals surface area (Å²) in [7, 11) is 3.55. The Morgan fingerprint density at radius 3 is 2.96 bits per heavy atom. The lowest BCUT2D eigenvalue weighted by Gasteiger charge is -2.48. The number of morpholine rings is 1. The molecular weight excluding hydrogens is 306 g/mol. The maximum Gasteiger partial charge on any atom is 0.319 e. The molecule has 2 aliphatic heterocycles. The highest BCUT2D eigenvalue weighted by atomic mass is 16.5. The molecule has 3 rings (SSSR count). The second-order valence-corrected chi connectivity index (χ2v) is 6.65. The summed E-state index contributed by atoms with van der Waals surface area (Å²) in [6, 6.07) is 7.59. The van der Waals surface area contributed by atoms with E-state index in [4.69, 9.17) is 10.00 Å². The lowest BCUT2D eigenvalue weighted by Crippen LogP contribution is -2.62. The molecule has 3 heterocycles. The molecule has 0 N–H and O–H groups in total. The fourth-order valence-corrected chi connectivity index (χ4v) is 3.49. The lowest BCUT2D eigenvalue weighted by atomic mass is 9.90. The van der Waals surface area contributed by atoms with Crippen LogP contribution < -0.4 is 4.90 Å². The molecule has 0 bridgehead atoms. The molecule has 1 spiro atoms. The van der Waals surface area contributed by atoms with Gasteiger partial charge in [-0.25, -0.2) is 9.78 Å². The molecule has 0 aliphatic carbocycles. The number of urea groups is 1. The topological polar surface area (TPSA) is 72.7 Å². The number of aromatic nitrogens is 1. The Balaban J connectivity index is 1.76. The van der Waals surface area contributed by atoms with Crippen molar-refractivity contribution in [1.29, 1.82) is 5.26 Å². The van der Waals surface area contributed by atoms with Gasteiger partial charge in [0.05, 0.1) is 19.7 Å². The van der Waals surface area contributed by atoms with Gasteiger partial charge in [0.15, 0.2) is 0 Å². The number of anilines is 1. The van der Waals surface area contributed by atoms with Crippen LogP contribution in [0.1, 0.15) is 18.5 Å². The fraction of sp³-hybridized carbons (Fsp3) is 0.588. The molecule has 1 aromatic heterocycles. The number of carbonyl (C=O) groups excluding carboxylic acids is 1. The van der Waals surface area contributed by atoms with Crippen molar-refractivity contribution in [2.24, 2.45) is 0 Å². The number of rotatable bonds is 1. The molecule has 7 nitrogen and oxygen atoms in total. The van der Waals surface area contributed by atoms with Gasteiger partial charge >= 0.3 is 6.03 Å². The summed E-state index contributed by atoms with van der Waals surface area (Å²) in [5, 5.41) is 9.05. The molecule has 24 heavy (non-hydrogen) atoms. The van der Waals surface area contributed by atoms with Crippen molar-refractivity contribution >= 4 is 11.8 Å². The van der Waals surface area contributed by atoms with E-state index >= 15 is 0 Å². The first kappa shape index (κ1) is 16.5. The van der Waals surface area contributed by atoms with Crippen LogP contribution in [0.15, 0.2) is 18.2 Å². The third kappa shape index (κ3) is 3.29. The van der Waals surface area contributed by atoms with Gasteiger partial charge < -0.3 is 19.4 Å². The van der Waals surface area contributed by atoms with E-state index in [1.54, 1.807) is 25.1 Å². The van der Waals surface area contributed by atoms with Gasteiger partial charge in [0.1, 0.15) is 23.2 Å². The molecule has 2 saturated heterocycles. The summed E-state index contributed by atoms with van der Waals surface area (Å²) in [6.07, 6.45) is 1.90. The number of hydrogen-bond donors (Lipinski definition) is 0. The van der Waals surface area contributed by atoms with Gasteiger partial charge in [-0.2, -0.15) is 5.26 Å². The predicted octanol–water partition coefficient (Wildman–Crippen LogP) is 1.31. The Hall–Kier alpha value is -2.33. The van der Waals surface area contributed by atoms with Crippen LogP contribution in [-0.2, 0) is 4.74 Å². The van der Waals surface area contributed by atoms with Crippen LogP contribution in [0.2, 0.25) is 0 Å². The molecule has 0 saturated carbocycles.